The molecule has 2 aliphatic carbocycles. The van der Waals surface area contributed by atoms with Crippen molar-refractivity contribution in [1.29, 1.82) is 0 Å². The Morgan fingerprint density at radius 3 is 1.87 bits per heavy atom. The molecule has 0 aliphatic heterocycles. The van der Waals surface area contributed by atoms with Gasteiger partial charge in [-0.25, -0.2) is 0 Å². The van der Waals surface area contributed by atoms with Gasteiger partial charge in [0.2, 0.25) is 0 Å². The quantitative estimate of drug-likeness (QED) is 0.369. The average molecular weight is 318 g/mol. The van der Waals surface area contributed by atoms with Gasteiger partial charge in [-0.1, -0.05) is 12.2 Å². The molecule has 0 bridgehead atoms. The summed E-state index contributed by atoms with van der Waals surface area (Å²) in [6.45, 7) is 9.89. The third-order valence-corrected chi connectivity index (χ3v) is 5.28. The van der Waals surface area contributed by atoms with Crippen LogP contribution in [0.2, 0.25) is 0 Å². The standard InChI is InChI=1S/C18H22O5/c1-5-13-9-17(13,11(3)19)15(21)7-8-23-16(22)18(12(4)20)10-14(18)6-2/h5-6,13-14H,1-2,7-10H2,3-4H3. The first-order valence-corrected chi connectivity index (χ1v) is 7.75. The first kappa shape index (κ1) is 17.3. The van der Waals surface area contributed by atoms with Crippen LogP contribution in [0.15, 0.2) is 25.3 Å². The van der Waals surface area contributed by atoms with E-state index in [1.165, 1.54) is 13.8 Å². The summed E-state index contributed by atoms with van der Waals surface area (Å²) < 4.78 is 5.14. The van der Waals surface area contributed by atoms with E-state index in [2.05, 4.69) is 13.2 Å². The fourth-order valence-corrected chi connectivity index (χ4v) is 3.44. The molecule has 2 fully saturated rings. The molecular formula is C18H22O5. The first-order chi connectivity index (χ1) is 10.8. The number of rotatable bonds is 9. The van der Waals surface area contributed by atoms with E-state index in [0.717, 1.165) is 0 Å². The van der Waals surface area contributed by atoms with Gasteiger partial charge in [0.25, 0.3) is 0 Å². The highest BCUT2D eigenvalue weighted by atomic mass is 16.5. The lowest BCUT2D eigenvalue weighted by molar-refractivity contribution is -0.154. The van der Waals surface area contributed by atoms with Gasteiger partial charge in [-0.15, -0.1) is 13.2 Å². The Kier molecular flexibility index (Phi) is 4.42. The minimum absolute atomic E-state index is 0.0254. The first-order valence-electron chi connectivity index (χ1n) is 7.75. The Morgan fingerprint density at radius 1 is 1.00 bits per heavy atom. The highest BCUT2D eigenvalue weighted by Gasteiger charge is 2.64. The smallest absolute Gasteiger partial charge is 0.320 e. The van der Waals surface area contributed by atoms with Gasteiger partial charge in [-0.05, 0) is 32.6 Å². The zero-order chi connectivity index (χ0) is 17.4. The molecule has 0 amide bonds. The van der Waals surface area contributed by atoms with E-state index >= 15 is 0 Å². The van der Waals surface area contributed by atoms with Crippen molar-refractivity contribution < 1.29 is 23.9 Å². The van der Waals surface area contributed by atoms with Gasteiger partial charge in [-0.3, -0.25) is 19.2 Å². The van der Waals surface area contributed by atoms with Crippen LogP contribution >= 0.6 is 0 Å². The van der Waals surface area contributed by atoms with Crippen LogP contribution in [-0.2, 0) is 23.9 Å². The normalized spacial score (nSPS) is 34.2. The fraction of sp³-hybridized carbons (Fsp3) is 0.556. The molecule has 5 heteroatoms. The van der Waals surface area contributed by atoms with Crippen molar-refractivity contribution in [3.05, 3.63) is 25.3 Å². The third-order valence-electron chi connectivity index (χ3n) is 5.28. The van der Waals surface area contributed by atoms with E-state index < -0.39 is 16.8 Å². The number of hydrogen-bond donors (Lipinski definition) is 0. The number of Topliss-reactive ketones (excluding diaryl/α,β-unsaturated/α-hetero) is 3. The van der Waals surface area contributed by atoms with E-state index in [-0.39, 0.29) is 42.2 Å². The van der Waals surface area contributed by atoms with E-state index in [1.807, 2.05) is 0 Å². The van der Waals surface area contributed by atoms with Crippen LogP contribution in [0.1, 0.15) is 33.1 Å². The Hall–Kier alpha value is -2.04. The molecule has 2 rings (SSSR count). The van der Waals surface area contributed by atoms with Crippen molar-refractivity contribution in [2.24, 2.45) is 22.7 Å². The van der Waals surface area contributed by atoms with Crippen LogP contribution in [0, 0.1) is 22.7 Å². The predicted octanol–water partition coefficient (Wildman–Crippen LogP) is 2.05. The molecule has 0 aromatic heterocycles. The van der Waals surface area contributed by atoms with Gasteiger partial charge in [-0.2, -0.15) is 0 Å². The van der Waals surface area contributed by atoms with Crippen LogP contribution in [-0.4, -0.2) is 29.9 Å². The summed E-state index contributed by atoms with van der Waals surface area (Å²) in [5.74, 6) is -1.56. The molecule has 4 atom stereocenters. The summed E-state index contributed by atoms with van der Waals surface area (Å²) in [7, 11) is 0. The Bertz CT molecular complexity index is 553. The maximum absolute atomic E-state index is 12.3. The lowest BCUT2D eigenvalue weighted by Crippen LogP contribution is -2.30. The third kappa shape index (κ3) is 2.58. The van der Waals surface area contributed by atoms with E-state index in [9.17, 15) is 19.2 Å². The highest BCUT2D eigenvalue weighted by Crippen LogP contribution is 2.56. The summed E-state index contributed by atoms with van der Waals surface area (Å²) in [6, 6.07) is 0. The monoisotopic (exact) mass is 318 g/mol. The molecule has 124 valence electrons. The second kappa shape index (κ2) is 5.87. The van der Waals surface area contributed by atoms with Gasteiger partial charge >= 0.3 is 5.97 Å². The highest BCUT2D eigenvalue weighted by molar-refractivity contribution is 6.10. The molecule has 0 N–H and O–H groups in total. The number of ketones is 3. The zero-order valence-electron chi connectivity index (χ0n) is 13.6. The Labute approximate surface area is 135 Å². The van der Waals surface area contributed by atoms with E-state index in [4.69, 9.17) is 4.74 Å². The second-order valence-electron chi connectivity index (χ2n) is 6.46. The molecule has 0 saturated heterocycles. The van der Waals surface area contributed by atoms with Crippen molar-refractivity contribution in [3.8, 4) is 0 Å². The molecule has 0 aromatic rings. The maximum atomic E-state index is 12.3. The number of hydrogen-bond acceptors (Lipinski definition) is 5. The van der Waals surface area contributed by atoms with E-state index in [1.54, 1.807) is 12.2 Å². The number of esters is 1. The van der Waals surface area contributed by atoms with Gasteiger partial charge in [0, 0.05) is 12.3 Å². The molecule has 0 aromatic carbocycles. The number of allylic oxidation sites excluding steroid dienone is 2. The van der Waals surface area contributed by atoms with Gasteiger partial charge in [0.1, 0.15) is 22.8 Å². The minimum atomic E-state index is -1.12. The Balaban J connectivity index is 1.90. The number of ether oxygens (including phenoxy) is 1. The summed E-state index contributed by atoms with van der Waals surface area (Å²) in [4.78, 5) is 47.9. The second-order valence-corrected chi connectivity index (χ2v) is 6.46. The molecule has 0 heterocycles. The summed E-state index contributed by atoms with van der Waals surface area (Å²) >= 11 is 0. The molecule has 0 radical (unpaired) electrons. The lowest BCUT2D eigenvalue weighted by atomic mass is 9.91. The topological polar surface area (TPSA) is 77.5 Å². The van der Waals surface area contributed by atoms with E-state index in [0.29, 0.717) is 12.8 Å². The minimum Gasteiger partial charge on any atom is -0.464 e. The lowest BCUT2D eigenvalue weighted by Gasteiger charge is -2.14. The molecule has 4 unspecified atom stereocenters. The molecule has 23 heavy (non-hydrogen) atoms. The summed E-state index contributed by atoms with van der Waals surface area (Å²) in [6.07, 6.45) is 4.07. The molecular weight excluding hydrogens is 296 g/mol. The molecule has 5 nitrogen and oxygen atoms in total. The van der Waals surface area contributed by atoms with Crippen LogP contribution < -0.4 is 0 Å². The fourth-order valence-electron chi connectivity index (χ4n) is 3.44. The summed E-state index contributed by atoms with van der Waals surface area (Å²) in [5, 5.41) is 0. The van der Waals surface area contributed by atoms with Crippen LogP contribution in [0.3, 0.4) is 0 Å². The van der Waals surface area contributed by atoms with Crippen molar-refractivity contribution in [2.75, 3.05) is 6.61 Å². The van der Waals surface area contributed by atoms with Crippen molar-refractivity contribution in [2.45, 2.75) is 33.1 Å². The van der Waals surface area contributed by atoms with Crippen molar-refractivity contribution in [1.82, 2.24) is 0 Å². The average Bonchev–Trinajstić information content (AvgIpc) is 3.38. The van der Waals surface area contributed by atoms with Gasteiger partial charge < -0.3 is 4.74 Å². The number of carbonyl (C=O) groups is 4. The zero-order valence-corrected chi connectivity index (χ0v) is 13.6. The Morgan fingerprint density at radius 2 is 1.48 bits per heavy atom. The SMILES string of the molecule is C=CC1CC1(C(C)=O)C(=O)CCOC(=O)C1(C(C)=O)CC1C=C. The number of carbonyl (C=O) groups excluding carboxylic acids is 4. The van der Waals surface area contributed by atoms with Crippen LogP contribution in [0.4, 0.5) is 0 Å². The molecule has 0 spiro atoms. The van der Waals surface area contributed by atoms with Gasteiger partial charge in [0.05, 0.1) is 12.0 Å². The largest absolute Gasteiger partial charge is 0.464 e. The molecule has 2 saturated carbocycles. The van der Waals surface area contributed by atoms with Gasteiger partial charge in [0.15, 0.2) is 0 Å². The van der Waals surface area contributed by atoms with Crippen molar-refractivity contribution in [3.63, 3.8) is 0 Å². The van der Waals surface area contributed by atoms with Crippen LogP contribution in [0.5, 0.6) is 0 Å². The van der Waals surface area contributed by atoms with Crippen LogP contribution in [0.25, 0.3) is 0 Å². The maximum Gasteiger partial charge on any atom is 0.320 e. The predicted molar refractivity (Wildman–Crippen MR) is 83.4 cm³/mol. The molecule has 2 aliphatic rings. The van der Waals surface area contributed by atoms with Crippen molar-refractivity contribution >= 4 is 23.3 Å². The summed E-state index contributed by atoms with van der Waals surface area (Å²) in [5.41, 5.74) is -2.10.